The molecule has 0 bridgehead atoms. The summed E-state index contributed by atoms with van der Waals surface area (Å²) >= 11 is 11.6. The van der Waals surface area contributed by atoms with Crippen LogP contribution in [0.3, 0.4) is 0 Å². The third kappa shape index (κ3) is 6.04. The number of carbonyl (C=O) groups excluding carboxylic acids is 3. The first-order valence-corrected chi connectivity index (χ1v) is 14.0. The van der Waals surface area contributed by atoms with Crippen LogP contribution in [0.15, 0.2) is 60.7 Å². The van der Waals surface area contributed by atoms with Crippen molar-refractivity contribution in [2.24, 2.45) is 0 Å². The maximum atomic E-state index is 12.7. The van der Waals surface area contributed by atoms with E-state index in [0.29, 0.717) is 21.4 Å². The summed E-state index contributed by atoms with van der Waals surface area (Å²) in [4.78, 5) is 59.7. The van der Waals surface area contributed by atoms with Gasteiger partial charge in [-0.3, -0.25) is 34.6 Å². The zero-order valence-electron chi connectivity index (χ0n) is 23.8. The predicted octanol–water partition coefficient (Wildman–Crippen LogP) is 5.86. The molecule has 0 fully saturated rings. The van der Waals surface area contributed by atoms with Crippen molar-refractivity contribution in [1.82, 2.24) is 0 Å². The number of nitrogens with zero attached hydrogens (tertiary/aromatic N) is 4. The van der Waals surface area contributed by atoms with E-state index in [2.05, 4.69) is 0 Å². The second-order valence-electron chi connectivity index (χ2n) is 10.1. The van der Waals surface area contributed by atoms with Gasteiger partial charge in [-0.05, 0) is 60.7 Å². The molecule has 0 atom stereocenters. The number of halogens is 2. The van der Waals surface area contributed by atoms with E-state index in [9.17, 15) is 49.9 Å². The Morgan fingerprint density at radius 1 is 0.745 bits per heavy atom. The van der Waals surface area contributed by atoms with E-state index in [-0.39, 0.29) is 35.3 Å². The molecule has 2 aliphatic rings. The van der Waals surface area contributed by atoms with Gasteiger partial charge in [0, 0.05) is 28.3 Å². The first-order valence-electron chi connectivity index (χ1n) is 13.3. The molecule has 4 aromatic carbocycles. The Hall–Kier alpha value is -5.93. The van der Waals surface area contributed by atoms with Crippen LogP contribution in [0.4, 0.5) is 22.7 Å². The maximum absolute atomic E-state index is 12.7. The number of carbonyl (C=O) groups is 3. The van der Waals surface area contributed by atoms with Gasteiger partial charge in [0.25, 0.3) is 11.8 Å². The zero-order chi connectivity index (χ0) is 34.3. The van der Waals surface area contributed by atoms with E-state index in [1.165, 1.54) is 9.80 Å². The molecule has 2 heterocycles. The molecule has 2 amide bonds. The fourth-order valence-corrected chi connectivity index (χ4v) is 5.35. The number of phenolic OH excluding ortho intramolecular Hbond substituents is 3. The SMILES string of the molecule is CC(=O)Oc1cc2c(c([N+](=O)[O-])c1O)CN(c1ccc(Cl)cc1)C2=O.O=C1c2cc(O)c(O)c([N+](=O)[O-])c2CN1c1ccc(Cl)cc1. The number of nitro benzene ring substituents is 2. The highest BCUT2D eigenvalue weighted by Gasteiger charge is 2.40. The van der Waals surface area contributed by atoms with Crippen LogP contribution in [0.5, 0.6) is 23.0 Å². The molecule has 0 unspecified atom stereocenters. The number of aromatic hydroxyl groups is 3. The molecule has 240 valence electrons. The molecule has 2 aliphatic heterocycles. The summed E-state index contributed by atoms with van der Waals surface area (Å²) in [5, 5.41) is 52.8. The smallest absolute Gasteiger partial charge is 0.320 e. The molecule has 0 saturated heterocycles. The number of esters is 1. The molecule has 0 aliphatic carbocycles. The highest BCUT2D eigenvalue weighted by molar-refractivity contribution is 6.31. The molecule has 15 nitrogen and oxygen atoms in total. The first kappa shape index (κ1) is 32.5. The third-order valence-corrected chi connectivity index (χ3v) is 7.69. The highest BCUT2D eigenvalue weighted by Crippen LogP contribution is 2.46. The lowest BCUT2D eigenvalue weighted by atomic mass is 10.1. The quantitative estimate of drug-likeness (QED) is 0.0745. The van der Waals surface area contributed by atoms with Crippen molar-refractivity contribution in [3.05, 3.63) is 113 Å². The van der Waals surface area contributed by atoms with Crippen LogP contribution in [0, 0.1) is 20.2 Å². The van der Waals surface area contributed by atoms with Gasteiger partial charge in [0.15, 0.2) is 11.5 Å². The Kier molecular flexibility index (Phi) is 8.60. The lowest BCUT2D eigenvalue weighted by Crippen LogP contribution is -2.22. The molecule has 0 aromatic heterocycles. The molecule has 47 heavy (non-hydrogen) atoms. The van der Waals surface area contributed by atoms with Gasteiger partial charge in [-0.15, -0.1) is 0 Å². The minimum atomic E-state index is -0.838. The summed E-state index contributed by atoms with van der Waals surface area (Å²) in [5.41, 5.74) is -0.183. The molecular formula is C30H20Cl2N4O11. The van der Waals surface area contributed by atoms with Crippen LogP contribution < -0.4 is 14.5 Å². The van der Waals surface area contributed by atoms with E-state index >= 15 is 0 Å². The number of ether oxygens (including phenoxy) is 1. The minimum Gasteiger partial charge on any atom is -0.504 e. The van der Waals surface area contributed by atoms with E-state index < -0.39 is 62.0 Å². The van der Waals surface area contributed by atoms with Crippen molar-refractivity contribution in [3.63, 3.8) is 0 Å². The van der Waals surface area contributed by atoms with Gasteiger partial charge in [0.1, 0.15) is 0 Å². The number of phenols is 3. The topological polar surface area (TPSA) is 214 Å². The van der Waals surface area contributed by atoms with Crippen LogP contribution in [-0.4, -0.2) is 42.9 Å². The summed E-state index contributed by atoms with van der Waals surface area (Å²) < 4.78 is 4.78. The average Bonchev–Trinajstić information content (AvgIpc) is 3.50. The number of fused-ring (bicyclic) bond motifs is 2. The number of amides is 2. The van der Waals surface area contributed by atoms with Crippen LogP contribution >= 0.6 is 23.2 Å². The minimum absolute atomic E-state index is 0.00282. The van der Waals surface area contributed by atoms with Crippen molar-refractivity contribution >= 4 is 63.7 Å². The highest BCUT2D eigenvalue weighted by atomic mass is 35.5. The first-order chi connectivity index (χ1) is 22.2. The molecule has 0 saturated carbocycles. The third-order valence-electron chi connectivity index (χ3n) is 7.18. The predicted molar refractivity (Wildman–Crippen MR) is 166 cm³/mol. The molecule has 6 rings (SSSR count). The maximum Gasteiger partial charge on any atom is 0.320 e. The van der Waals surface area contributed by atoms with E-state index in [4.69, 9.17) is 27.9 Å². The summed E-state index contributed by atoms with van der Waals surface area (Å²) in [6.45, 7) is 0.917. The van der Waals surface area contributed by atoms with Gasteiger partial charge < -0.3 is 29.9 Å². The summed E-state index contributed by atoms with van der Waals surface area (Å²) in [7, 11) is 0. The fourth-order valence-electron chi connectivity index (χ4n) is 5.10. The number of rotatable bonds is 5. The Labute approximate surface area is 273 Å². The standard InChI is InChI=1S/C16H11ClN2O6.C14H9ClN2O5/c1-8(20)25-13-6-11-12(14(15(13)21)19(23)24)7-18(16(11)22)10-4-2-9(17)3-5-10;15-7-1-3-8(4-2-7)16-6-10-9(14(16)20)5-11(18)13(19)12(10)17(21)22/h2-6,21H,7H2,1H3;1-5,18-19H,6H2. The number of hydrogen-bond donors (Lipinski definition) is 3. The normalized spacial score (nSPS) is 13.1. The number of anilines is 2. The summed E-state index contributed by atoms with van der Waals surface area (Å²) in [6.07, 6.45) is 0. The van der Waals surface area contributed by atoms with Crippen molar-refractivity contribution in [3.8, 4) is 23.0 Å². The van der Waals surface area contributed by atoms with E-state index in [1.54, 1.807) is 48.5 Å². The van der Waals surface area contributed by atoms with Crippen LogP contribution in [0.25, 0.3) is 0 Å². The van der Waals surface area contributed by atoms with Crippen molar-refractivity contribution in [1.29, 1.82) is 0 Å². The number of hydrogen-bond acceptors (Lipinski definition) is 11. The monoisotopic (exact) mass is 682 g/mol. The lowest BCUT2D eigenvalue weighted by Gasteiger charge is -2.15. The molecule has 0 spiro atoms. The Balaban J connectivity index is 0.000000186. The number of benzene rings is 4. The van der Waals surface area contributed by atoms with Crippen LogP contribution in [-0.2, 0) is 17.9 Å². The van der Waals surface area contributed by atoms with Crippen molar-refractivity contribution < 1.29 is 44.3 Å². The second-order valence-corrected chi connectivity index (χ2v) is 10.9. The van der Waals surface area contributed by atoms with Crippen molar-refractivity contribution in [2.75, 3.05) is 9.80 Å². The zero-order valence-corrected chi connectivity index (χ0v) is 25.4. The summed E-state index contributed by atoms with van der Waals surface area (Å²) in [6, 6.07) is 15.0. The molecular weight excluding hydrogens is 663 g/mol. The van der Waals surface area contributed by atoms with Gasteiger partial charge in [0.2, 0.25) is 11.5 Å². The summed E-state index contributed by atoms with van der Waals surface area (Å²) in [5.74, 6) is -4.52. The molecule has 4 aromatic rings. The largest absolute Gasteiger partial charge is 0.504 e. The fraction of sp³-hybridized carbons (Fsp3) is 0.100. The van der Waals surface area contributed by atoms with Gasteiger partial charge in [-0.1, -0.05) is 23.2 Å². The Bertz CT molecular complexity index is 2000. The second kappa shape index (κ2) is 12.5. The van der Waals surface area contributed by atoms with E-state index in [1.807, 2.05) is 0 Å². The number of nitro groups is 2. The van der Waals surface area contributed by atoms with Crippen LogP contribution in [0.1, 0.15) is 38.8 Å². The van der Waals surface area contributed by atoms with E-state index in [0.717, 1.165) is 19.1 Å². The van der Waals surface area contributed by atoms with Gasteiger partial charge in [0.05, 0.1) is 45.2 Å². The molecule has 17 heteroatoms. The average molecular weight is 683 g/mol. The molecule has 0 radical (unpaired) electrons. The van der Waals surface area contributed by atoms with Gasteiger partial charge >= 0.3 is 17.3 Å². The van der Waals surface area contributed by atoms with Crippen molar-refractivity contribution in [2.45, 2.75) is 20.0 Å². The van der Waals surface area contributed by atoms with Gasteiger partial charge in [-0.2, -0.15) is 0 Å². The van der Waals surface area contributed by atoms with Crippen LogP contribution in [0.2, 0.25) is 10.0 Å². The van der Waals surface area contributed by atoms with Gasteiger partial charge in [-0.25, -0.2) is 0 Å². The lowest BCUT2D eigenvalue weighted by molar-refractivity contribution is -0.386. The Morgan fingerprint density at radius 3 is 1.55 bits per heavy atom. The molecule has 3 N–H and O–H groups in total. The Morgan fingerprint density at radius 2 is 1.15 bits per heavy atom.